The van der Waals surface area contributed by atoms with Gasteiger partial charge in [0.05, 0.1) is 10.3 Å². The van der Waals surface area contributed by atoms with E-state index in [9.17, 15) is 19.7 Å². The summed E-state index contributed by atoms with van der Waals surface area (Å²) in [4.78, 5) is 34.9. The molecule has 1 aromatic heterocycles. The van der Waals surface area contributed by atoms with Crippen LogP contribution in [0, 0.1) is 17.0 Å². The number of H-pyrrole nitrogens is 1. The van der Waals surface area contributed by atoms with Crippen LogP contribution in [0.2, 0.25) is 0 Å². The number of rotatable bonds is 1. The number of hydrogen-bond donors (Lipinski definition) is 1. The molecule has 0 saturated heterocycles. The summed E-state index contributed by atoms with van der Waals surface area (Å²) in [6.45, 7) is 1.59. The van der Waals surface area contributed by atoms with Gasteiger partial charge in [0.15, 0.2) is 0 Å². The Kier molecular flexibility index (Phi) is 2.58. The lowest BCUT2D eigenvalue weighted by molar-refractivity contribution is -0.383. The first-order valence-corrected chi connectivity index (χ1v) is 5.21. The Labute approximate surface area is 101 Å². The van der Waals surface area contributed by atoms with Crippen LogP contribution >= 0.6 is 15.9 Å². The van der Waals surface area contributed by atoms with Gasteiger partial charge in [0.1, 0.15) is 5.52 Å². The minimum Gasteiger partial charge on any atom is -0.372 e. The third kappa shape index (κ3) is 1.76. The summed E-state index contributed by atoms with van der Waals surface area (Å²) >= 11 is 3.11. The highest BCUT2D eigenvalue weighted by molar-refractivity contribution is 9.10. The van der Waals surface area contributed by atoms with Crippen LogP contribution in [-0.2, 0) is 0 Å². The number of nitro benzene ring substituents is 1. The van der Waals surface area contributed by atoms with Crippen molar-refractivity contribution in [3.8, 4) is 0 Å². The zero-order valence-corrected chi connectivity index (χ0v) is 10.0. The number of aryl methyl sites for hydroxylation is 1. The second-order valence-electron chi connectivity index (χ2n) is 3.31. The third-order valence-corrected chi connectivity index (χ3v) is 3.14. The molecule has 1 aromatic carbocycles. The Balaban J connectivity index is 3.15. The van der Waals surface area contributed by atoms with Crippen LogP contribution in [0.15, 0.2) is 24.5 Å². The highest BCUT2D eigenvalue weighted by Crippen LogP contribution is 2.29. The summed E-state index contributed by atoms with van der Waals surface area (Å²) in [5, 5.41) is 10.8. The van der Waals surface area contributed by atoms with Crippen molar-refractivity contribution in [2.75, 3.05) is 0 Å². The number of non-ortho nitro benzene ring substituents is 1. The van der Waals surface area contributed by atoms with Gasteiger partial charge < -0.3 is 4.42 Å². The van der Waals surface area contributed by atoms with Crippen molar-refractivity contribution in [1.82, 2.24) is 4.98 Å². The van der Waals surface area contributed by atoms with Crippen molar-refractivity contribution in [3.63, 3.8) is 0 Å². The molecule has 8 heteroatoms. The van der Waals surface area contributed by atoms with E-state index in [0.717, 1.165) is 0 Å². The van der Waals surface area contributed by atoms with Gasteiger partial charge in [-0.25, -0.2) is 9.59 Å². The van der Waals surface area contributed by atoms with E-state index < -0.39 is 16.3 Å². The van der Waals surface area contributed by atoms with Crippen molar-refractivity contribution >= 4 is 32.5 Å². The van der Waals surface area contributed by atoms with Gasteiger partial charge in [0.2, 0.25) is 0 Å². The van der Waals surface area contributed by atoms with Crippen molar-refractivity contribution in [2.45, 2.75) is 6.92 Å². The van der Waals surface area contributed by atoms with E-state index in [2.05, 4.69) is 25.3 Å². The van der Waals surface area contributed by atoms with Crippen molar-refractivity contribution in [1.29, 1.82) is 0 Å². The van der Waals surface area contributed by atoms with Crippen molar-refractivity contribution < 1.29 is 9.34 Å². The van der Waals surface area contributed by atoms with Crippen molar-refractivity contribution in [3.05, 3.63) is 47.2 Å². The van der Waals surface area contributed by atoms with Crippen LogP contribution in [0.4, 0.5) is 5.69 Å². The van der Waals surface area contributed by atoms with Gasteiger partial charge in [0, 0.05) is 10.5 Å². The fourth-order valence-electron chi connectivity index (χ4n) is 1.52. The zero-order chi connectivity index (χ0) is 12.7. The first-order chi connectivity index (χ1) is 7.91. The lowest BCUT2D eigenvalue weighted by Crippen LogP contribution is -2.16. The first kappa shape index (κ1) is 11.5. The molecule has 1 N–H and O–H groups in total. The Morgan fingerprint density at radius 2 is 2.12 bits per heavy atom. The molecule has 0 spiro atoms. The van der Waals surface area contributed by atoms with Gasteiger partial charge >= 0.3 is 11.4 Å². The van der Waals surface area contributed by atoms with Crippen LogP contribution in [0.1, 0.15) is 5.56 Å². The minimum absolute atomic E-state index is 0.00863. The summed E-state index contributed by atoms with van der Waals surface area (Å²) < 4.78 is 4.75. The molecular weight excluding hydrogens is 296 g/mol. The number of benzene rings is 1. The number of halogens is 1. The standard InChI is InChI=1S/C9H5BrN2O5/c1-3-4(10)2-5(12(15)16)7-6(3)8(13)17-9(14)11-7/h2H,1H3,(H,11,14). The maximum atomic E-state index is 11.5. The number of hydrogen-bond acceptors (Lipinski definition) is 5. The predicted molar refractivity (Wildman–Crippen MR) is 62.2 cm³/mol. The van der Waals surface area contributed by atoms with E-state index in [1.165, 1.54) is 6.07 Å². The summed E-state index contributed by atoms with van der Waals surface area (Å²) in [5.74, 6) is -1.02. The van der Waals surface area contributed by atoms with E-state index in [-0.39, 0.29) is 16.6 Å². The third-order valence-electron chi connectivity index (χ3n) is 2.32. The second kappa shape index (κ2) is 3.81. The summed E-state index contributed by atoms with van der Waals surface area (Å²) in [7, 11) is 0. The molecular formula is C9H5BrN2O5. The summed E-state index contributed by atoms with van der Waals surface area (Å²) in [5.41, 5.74) is -0.916. The van der Waals surface area contributed by atoms with Crippen LogP contribution in [-0.4, -0.2) is 9.91 Å². The van der Waals surface area contributed by atoms with Gasteiger partial charge in [-0.05, 0) is 12.5 Å². The molecule has 7 nitrogen and oxygen atoms in total. The Hall–Kier alpha value is -1.96. The number of fused-ring (bicyclic) bond motifs is 1. The molecule has 2 aromatic rings. The predicted octanol–water partition coefficient (Wildman–Crippen LogP) is 1.46. The summed E-state index contributed by atoms with van der Waals surface area (Å²) in [6.07, 6.45) is 0. The molecule has 17 heavy (non-hydrogen) atoms. The number of aromatic nitrogens is 1. The van der Waals surface area contributed by atoms with E-state index in [0.29, 0.717) is 10.0 Å². The fraction of sp³-hybridized carbons (Fsp3) is 0.111. The SMILES string of the molecule is Cc1c(Br)cc([N+](=O)[O-])c2[nH]c(=O)oc(=O)c12. The fourth-order valence-corrected chi connectivity index (χ4v) is 1.94. The number of nitrogens with one attached hydrogen (secondary N) is 1. The minimum atomic E-state index is -1.02. The van der Waals surface area contributed by atoms with E-state index in [1.54, 1.807) is 6.92 Å². The molecule has 88 valence electrons. The molecule has 0 unspecified atom stereocenters. The molecule has 0 aliphatic heterocycles. The Morgan fingerprint density at radius 3 is 2.71 bits per heavy atom. The number of nitrogens with zero attached hydrogens (tertiary/aromatic N) is 1. The average molecular weight is 301 g/mol. The molecule has 0 aliphatic carbocycles. The van der Waals surface area contributed by atoms with Crippen LogP contribution in [0.5, 0.6) is 0 Å². The molecule has 0 aliphatic rings. The van der Waals surface area contributed by atoms with E-state index >= 15 is 0 Å². The average Bonchev–Trinajstić information content (AvgIpc) is 2.21. The monoisotopic (exact) mass is 300 g/mol. The molecule has 1 heterocycles. The zero-order valence-electron chi connectivity index (χ0n) is 8.44. The second-order valence-corrected chi connectivity index (χ2v) is 4.17. The van der Waals surface area contributed by atoms with Gasteiger partial charge in [0.25, 0.3) is 5.69 Å². The van der Waals surface area contributed by atoms with E-state index in [1.807, 2.05) is 0 Å². The molecule has 0 saturated carbocycles. The highest BCUT2D eigenvalue weighted by atomic mass is 79.9. The van der Waals surface area contributed by atoms with Gasteiger partial charge in [-0.3, -0.25) is 15.1 Å². The first-order valence-electron chi connectivity index (χ1n) is 4.42. The van der Waals surface area contributed by atoms with E-state index in [4.69, 9.17) is 0 Å². The van der Waals surface area contributed by atoms with Crippen LogP contribution in [0.25, 0.3) is 10.9 Å². The summed E-state index contributed by atoms with van der Waals surface area (Å²) in [6, 6.07) is 1.23. The molecule has 0 fully saturated rings. The molecule has 0 bridgehead atoms. The normalized spacial score (nSPS) is 10.7. The number of nitro groups is 1. The highest BCUT2D eigenvalue weighted by Gasteiger charge is 2.20. The Morgan fingerprint density at radius 1 is 1.47 bits per heavy atom. The maximum absolute atomic E-state index is 11.5. The van der Waals surface area contributed by atoms with Crippen molar-refractivity contribution in [2.24, 2.45) is 0 Å². The molecule has 0 radical (unpaired) electrons. The maximum Gasteiger partial charge on any atom is 0.419 e. The lowest BCUT2D eigenvalue weighted by Gasteiger charge is -2.03. The quantitative estimate of drug-likeness (QED) is 0.634. The molecule has 0 amide bonds. The largest absolute Gasteiger partial charge is 0.419 e. The smallest absolute Gasteiger partial charge is 0.372 e. The van der Waals surface area contributed by atoms with Gasteiger partial charge in [-0.2, -0.15) is 0 Å². The van der Waals surface area contributed by atoms with Gasteiger partial charge in [-0.1, -0.05) is 15.9 Å². The molecule has 2 rings (SSSR count). The molecule has 0 atom stereocenters. The van der Waals surface area contributed by atoms with Crippen LogP contribution < -0.4 is 11.4 Å². The Bertz CT molecular complexity index is 745. The lowest BCUT2D eigenvalue weighted by atomic mass is 10.1. The number of aromatic amines is 1. The van der Waals surface area contributed by atoms with Gasteiger partial charge in [-0.15, -0.1) is 0 Å². The topological polar surface area (TPSA) is 106 Å². The van der Waals surface area contributed by atoms with Crippen LogP contribution in [0.3, 0.4) is 0 Å².